The van der Waals surface area contributed by atoms with Gasteiger partial charge in [0.2, 0.25) is 0 Å². The summed E-state index contributed by atoms with van der Waals surface area (Å²) in [4.78, 5) is 25.0. The Hall–Kier alpha value is -2.44. The minimum absolute atomic E-state index is 0. The summed E-state index contributed by atoms with van der Waals surface area (Å²) in [5.74, 6) is -1.31. The largest absolute Gasteiger partial charge is 0.348 e. The summed E-state index contributed by atoms with van der Waals surface area (Å²) in [5, 5.41) is 9.11. The smallest absolute Gasteiger partial charge is 0.258 e. The Kier molecular flexibility index (Phi) is 7.54. The fourth-order valence-electron chi connectivity index (χ4n) is 3.23. The second-order valence-corrected chi connectivity index (χ2v) is 6.93. The van der Waals surface area contributed by atoms with E-state index in [1.165, 1.54) is 18.2 Å². The van der Waals surface area contributed by atoms with Crippen molar-refractivity contribution in [1.29, 1.82) is 0 Å². The number of hydrogen-bond donors (Lipinski definition) is 3. The molecule has 1 aliphatic heterocycles. The highest BCUT2D eigenvalue weighted by Gasteiger charge is 2.23. The summed E-state index contributed by atoms with van der Waals surface area (Å²) in [6.45, 7) is 4.84. The summed E-state index contributed by atoms with van der Waals surface area (Å²) in [7, 11) is 0. The lowest BCUT2D eigenvalue weighted by Gasteiger charge is -2.30. The van der Waals surface area contributed by atoms with Gasteiger partial charge in [-0.15, -0.1) is 12.4 Å². The zero-order valence-electron chi connectivity index (χ0n) is 15.9. The van der Waals surface area contributed by atoms with E-state index in [-0.39, 0.29) is 36.0 Å². The highest BCUT2D eigenvalue weighted by Crippen LogP contribution is 2.19. The average molecular weight is 406 g/mol. The normalized spacial score (nSPS) is 18.7. The van der Waals surface area contributed by atoms with Crippen LogP contribution in [-0.2, 0) is 0 Å². The molecular formula is C21H25ClFN3O2. The molecule has 0 saturated carbocycles. The number of amides is 2. The molecule has 0 aliphatic carbocycles. The van der Waals surface area contributed by atoms with Gasteiger partial charge in [0, 0.05) is 23.3 Å². The number of rotatable bonds is 4. The van der Waals surface area contributed by atoms with Crippen LogP contribution < -0.4 is 16.0 Å². The molecule has 2 aromatic rings. The lowest BCUT2D eigenvalue weighted by molar-refractivity contribution is 0.0919. The molecule has 1 aliphatic rings. The number of piperidine rings is 1. The maximum Gasteiger partial charge on any atom is 0.258 e. The Balaban J connectivity index is 0.00000280. The number of aryl methyl sites for hydroxylation is 1. The number of carbonyl (C=O) groups is 2. The molecule has 2 amide bonds. The molecule has 2 unspecified atom stereocenters. The van der Waals surface area contributed by atoms with Crippen molar-refractivity contribution in [3.05, 3.63) is 65.0 Å². The standard InChI is InChI=1S/C21H24FN3O2.ClH/c1-13-9-10-15(20(26)24-18-8-5-11-23-14(18)2)12-19(13)25-21(27)16-6-3-4-7-17(16)22;/h3-4,6-7,9-10,12,14,18,23H,5,8,11H2,1-2H3,(H,24,26)(H,25,27);1H. The maximum absolute atomic E-state index is 13.8. The topological polar surface area (TPSA) is 70.2 Å². The SMILES string of the molecule is Cc1ccc(C(=O)NC2CCCNC2C)cc1NC(=O)c1ccccc1F.Cl. The van der Waals surface area contributed by atoms with Crippen LogP contribution in [0.5, 0.6) is 0 Å². The molecule has 2 aromatic carbocycles. The van der Waals surface area contributed by atoms with Crippen molar-refractivity contribution >= 4 is 29.9 Å². The number of benzene rings is 2. The van der Waals surface area contributed by atoms with Crippen LogP contribution in [0.1, 0.15) is 46.0 Å². The van der Waals surface area contributed by atoms with Gasteiger partial charge in [-0.2, -0.15) is 0 Å². The van der Waals surface area contributed by atoms with E-state index >= 15 is 0 Å². The fraction of sp³-hybridized carbons (Fsp3) is 0.333. The Labute approximate surface area is 170 Å². The third-order valence-corrected chi connectivity index (χ3v) is 4.94. The summed E-state index contributed by atoms with van der Waals surface area (Å²) in [5.41, 5.74) is 1.71. The van der Waals surface area contributed by atoms with Gasteiger partial charge in [0.05, 0.1) is 5.56 Å². The van der Waals surface area contributed by atoms with Gasteiger partial charge in [-0.25, -0.2) is 4.39 Å². The average Bonchev–Trinajstić information content (AvgIpc) is 2.65. The van der Waals surface area contributed by atoms with Gasteiger partial charge in [0.25, 0.3) is 11.8 Å². The van der Waals surface area contributed by atoms with Crippen LogP contribution >= 0.6 is 12.4 Å². The van der Waals surface area contributed by atoms with Gasteiger partial charge in [-0.05, 0) is 63.1 Å². The molecule has 0 radical (unpaired) electrons. The van der Waals surface area contributed by atoms with Gasteiger partial charge in [-0.3, -0.25) is 9.59 Å². The van der Waals surface area contributed by atoms with E-state index < -0.39 is 11.7 Å². The van der Waals surface area contributed by atoms with E-state index in [4.69, 9.17) is 0 Å². The highest BCUT2D eigenvalue weighted by molar-refractivity contribution is 6.05. The predicted octanol–water partition coefficient (Wildman–Crippen LogP) is 3.68. The lowest BCUT2D eigenvalue weighted by atomic mass is 9.99. The zero-order valence-corrected chi connectivity index (χ0v) is 16.7. The van der Waals surface area contributed by atoms with Crippen molar-refractivity contribution in [2.24, 2.45) is 0 Å². The second-order valence-electron chi connectivity index (χ2n) is 6.93. The number of carbonyl (C=O) groups excluding carboxylic acids is 2. The Bertz CT molecular complexity index is 859. The van der Waals surface area contributed by atoms with Crippen molar-refractivity contribution < 1.29 is 14.0 Å². The number of halogens is 2. The van der Waals surface area contributed by atoms with Crippen LogP contribution in [-0.4, -0.2) is 30.4 Å². The van der Waals surface area contributed by atoms with Gasteiger partial charge in [0.1, 0.15) is 5.82 Å². The minimum atomic E-state index is -0.583. The third kappa shape index (κ3) is 5.09. The van der Waals surface area contributed by atoms with Crippen molar-refractivity contribution in [1.82, 2.24) is 10.6 Å². The van der Waals surface area contributed by atoms with Gasteiger partial charge < -0.3 is 16.0 Å². The summed E-state index contributed by atoms with van der Waals surface area (Å²) < 4.78 is 13.8. The van der Waals surface area contributed by atoms with Crippen LogP contribution in [0.4, 0.5) is 10.1 Å². The quantitative estimate of drug-likeness (QED) is 0.726. The molecule has 0 spiro atoms. The van der Waals surface area contributed by atoms with Crippen molar-refractivity contribution in [2.45, 2.75) is 38.8 Å². The fourth-order valence-corrected chi connectivity index (χ4v) is 3.23. The molecular weight excluding hydrogens is 381 g/mol. The molecule has 28 heavy (non-hydrogen) atoms. The number of hydrogen-bond acceptors (Lipinski definition) is 3. The molecule has 150 valence electrons. The van der Waals surface area contributed by atoms with Crippen LogP contribution in [0.15, 0.2) is 42.5 Å². The predicted molar refractivity (Wildman–Crippen MR) is 111 cm³/mol. The molecule has 1 saturated heterocycles. The zero-order chi connectivity index (χ0) is 19.4. The first-order chi connectivity index (χ1) is 13.0. The Morgan fingerprint density at radius 3 is 2.61 bits per heavy atom. The first-order valence-corrected chi connectivity index (χ1v) is 9.16. The van der Waals surface area contributed by atoms with Crippen LogP contribution in [0.3, 0.4) is 0 Å². The number of nitrogens with one attached hydrogen (secondary N) is 3. The van der Waals surface area contributed by atoms with Crippen LogP contribution in [0.25, 0.3) is 0 Å². The highest BCUT2D eigenvalue weighted by atomic mass is 35.5. The van der Waals surface area contributed by atoms with E-state index in [0.717, 1.165) is 24.9 Å². The van der Waals surface area contributed by atoms with Gasteiger partial charge in [-0.1, -0.05) is 18.2 Å². The Morgan fingerprint density at radius 2 is 1.89 bits per heavy atom. The molecule has 7 heteroatoms. The summed E-state index contributed by atoms with van der Waals surface area (Å²) >= 11 is 0. The first kappa shape index (κ1) is 21.9. The van der Waals surface area contributed by atoms with E-state index in [1.807, 2.05) is 6.92 Å². The van der Waals surface area contributed by atoms with Crippen molar-refractivity contribution in [2.75, 3.05) is 11.9 Å². The molecule has 1 heterocycles. The molecule has 1 fully saturated rings. The molecule has 0 bridgehead atoms. The van der Waals surface area contributed by atoms with Crippen LogP contribution in [0.2, 0.25) is 0 Å². The molecule has 5 nitrogen and oxygen atoms in total. The number of anilines is 1. The van der Waals surface area contributed by atoms with Crippen LogP contribution in [0, 0.1) is 12.7 Å². The summed E-state index contributed by atoms with van der Waals surface area (Å²) in [6.07, 6.45) is 1.95. The minimum Gasteiger partial charge on any atom is -0.348 e. The third-order valence-electron chi connectivity index (χ3n) is 4.94. The van der Waals surface area contributed by atoms with Crippen molar-refractivity contribution in [3.63, 3.8) is 0 Å². The molecule has 2 atom stereocenters. The van der Waals surface area contributed by atoms with E-state index in [1.54, 1.807) is 24.3 Å². The summed E-state index contributed by atoms with van der Waals surface area (Å²) in [6, 6.07) is 11.2. The lowest BCUT2D eigenvalue weighted by Crippen LogP contribution is -2.51. The van der Waals surface area contributed by atoms with E-state index in [2.05, 4.69) is 22.9 Å². The maximum atomic E-state index is 13.8. The molecule has 3 N–H and O–H groups in total. The van der Waals surface area contributed by atoms with Crippen molar-refractivity contribution in [3.8, 4) is 0 Å². The Morgan fingerprint density at radius 1 is 1.14 bits per heavy atom. The first-order valence-electron chi connectivity index (χ1n) is 9.16. The van der Waals surface area contributed by atoms with E-state index in [0.29, 0.717) is 11.3 Å². The molecule has 0 aromatic heterocycles. The van der Waals surface area contributed by atoms with E-state index in [9.17, 15) is 14.0 Å². The molecule has 3 rings (SSSR count). The van der Waals surface area contributed by atoms with Gasteiger partial charge in [0.15, 0.2) is 0 Å². The van der Waals surface area contributed by atoms with Gasteiger partial charge >= 0.3 is 0 Å². The monoisotopic (exact) mass is 405 g/mol. The second kappa shape index (κ2) is 9.66.